The first-order chi connectivity index (χ1) is 7.06. The summed E-state index contributed by atoms with van der Waals surface area (Å²) in [5.41, 5.74) is -0.256. The fraction of sp³-hybridized carbons (Fsp3) is 0.900. The van der Waals surface area contributed by atoms with Crippen LogP contribution in [-0.2, 0) is 4.79 Å². The van der Waals surface area contributed by atoms with Crippen LogP contribution in [0, 0.1) is 0 Å². The second-order valence-electron chi connectivity index (χ2n) is 4.69. The van der Waals surface area contributed by atoms with Crippen molar-refractivity contribution in [2.75, 3.05) is 0 Å². The second-order valence-corrected chi connectivity index (χ2v) is 7.06. The summed E-state index contributed by atoms with van der Waals surface area (Å²) in [6.45, 7) is 7.72. The number of hydrogen-bond donors (Lipinski definition) is 2. The smallest absolute Gasteiger partial charge is 0.223 e. The molecule has 0 unspecified atom stereocenters. The van der Waals surface area contributed by atoms with Gasteiger partial charge in [0.05, 0.1) is 0 Å². The van der Waals surface area contributed by atoms with E-state index in [4.69, 9.17) is 34.8 Å². The van der Waals surface area contributed by atoms with Crippen molar-refractivity contribution in [1.29, 1.82) is 0 Å². The van der Waals surface area contributed by atoms with Crippen molar-refractivity contribution in [2.24, 2.45) is 0 Å². The Morgan fingerprint density at radius 2 is 1.75 bits per heavy atom. The number of hydrogen-bond acceptors (Lipinski definition) is 2. The molecule has 1 amide bonds. The normalized spacial score (nSPS) is 14.7. The van der Waals surface area contributed by atoms with E-state index in [0.29, 0.717) is 6.42 Å². The largest absolute Gasteiger partial charge is 0.337 e. The second kappa shape index (κ2) is 6.29. The zero-order valence-corrected chi connectivity index (χ0v) is 12.3. The Morgan fingerprint density at radius 1 is 1.25 bits per heavy atom. The summed E-state index contributed by atoms with van der Waals surface area (Å²) in [5.74, 6) is -0.129. The van der Waals surface area contributed by atoms with E-state index in [1.165, 1.54) is 0 Å². The van der Waals surface area contributed by atoms with Gasteiger partial charge >= 0.3 is 0 Å². The Hall–Kier alpha value is 0.300. The maximum absolute atomic E-state index is 11.5. The molecule has 16 heavy (non-hydrogen) atoms. The summed E-state index contributed by atoms with van der Waals surface area (Å²) in [4.78, 5) is 11.5. The van der Waals surface area contributed by atoms with E-state index in [1.807, 2.05) is 27.7 Å². The molecule has 0 spiro atoms. The summed E-state index contributed by atoms with van der Waals surface area (Å²) >= 11 is 17.4. The first-order valence-electron chi connectivity index (χ1n) is 5.20. The Bertz CT molecular complexity index is 233. The Labute approximate surface area is 112 Å². The van der Waals surface area contributed by atoms with Gasteiger partial charge < -0.3 is 5.32 Å². The highest BCUT2D eigenvalue weighted by Gasteiger charge is 2.35. The Kier molecular flexibility index (Phi) is 6.41. The Balaban J connectivity index is 4.52. The van der Waals surface area contributed by atoms with Crippen molar-refractivity contribution in [1.82, 2.24) is 10.6 Å². The predicted molar refractivity (Wildman–Crippen MR) is 70.0 cm³/mol. The van der Waals surface area contributed by atoms with E-state index in [-0.39, 0.29) is 11.4 Å². The molecule has 0 heterocycles. The summed E-state index contributed by atoms with van der Waals surface area (Å²) in [6.07, 6.45) is 0.480. The van der Waals surface area contributed by atoms with Crippen molar-refractivity contribution in [2.45, 2.75) is 56.0 Å². The third-order valence-corrected chi connectivity index (χ3v) is 2.34. The van der Waals surface area contributed by atoms with Gasteiger partial charge in [0, 0.05) is 12.0 Å². The number of alkyl halides is 3. The van der Waals surface area contributed by atoms with Crippen molar-refractivity contribution in [3.8, 4) is 0 Å². The number of rotatable bonds is 4. The molecular formula is C10H19Cl3N2O. The molecule has 0 saturated heterocycles. The van der Waals surface area contributed by atoms with Crippen LogP contribution in [0.3, 0.4) is 0 Å². The Morgan fingerprint density at radius 3 is 2.06 bits per heavy atom. The SMILES string of the molecule is CCCC(=O)N[C@H](NC(C)(C)C)C(Cl)(Cl)Cl. The first-order valence-corrected chi connectivity index (χ1v) is 6.33. The third kappa shape index (κ3) is 7.55. The zero-order valence-electron chi connectivity index (χ0n) is 10.0. The van der Waals surface area contributed by atoms with Crippen LogP contribution in [0.2, 0.25) is 0 Å². The number of nitrogens with one attached hydrogen (secondary N) is 2. The van der Waals surface area contributed by atoms with Crippen molar-refractivity contribution >= 4 is 40.7 Å². The summed E-state index contributed by atoms with van der Waals surface area (Å²) in [7, 11) is 0. The molecule has 0 aliphatic carbocycles. The van der Waals surface area contributed by atoms with Crippen molar-refractivity contribution < 1.29 is 4.79 Å². The fourth-order valence-corrected chi connectivity index (χ4v) is 1.42. The number of carbonyl (C=O) groups is 1. The van der Waals surface area contributed by atoms with Crippen LogP contribution < -0.4 is 10.6 Å². The molecule has 0 aromatic heterocycles. The molecule has 6 heteroatoms. The van der Waals surface area contributed by atoms with E-state index in [1.54, 1.807) is 0 Å². The van der Waals surface area contributed by atoms with Gasteiger partial charge in [-0.1, -0.05) is 41.7 Å². The minimum atomic E-state index is -1.57. The maximum atomic E-state index is 11.5. The van der Waals surface area contributed by atoms with Crippen LogP contribution in [0.1, 0.15) is 40.5 Å². The molecule has 3 nitrogen and oxygen atoms in total. The molecule has 0 aliphatic rings. The minimum absolute atomic E-state index is 0.129. The highest BCUT2D eigenvalue weighted by Crippen LogP contribution is 2.30. The van der Waals surface area contributed by atoms with Gasteiger partial charge in [0.25, 0.3) is 0 Å². The molecule has 1 atom stereocenters. The average Bonchev–Trinajstić information content (AvgIpc) is 1.98. The summed E-state index contributed by atoms with van der Waals surface area (Å²) < 4.78 is -1.57. The molecule has 0 aromatic carbocycles. The molecule has 2 N–H and O–H groups in total. The van der Waals surface area contributed by atoms with Crippen LogP contribution in [0.4, 0.5) is 0 Å². The van der Waals surface area contributed by atoms with Crippen molar-refractivity contribution in [3.63, 3.8) is 0 Å². The highest BCUT2D eigenvalue weighted by atomic mass is 35.6. The van der Waals surface area contributed by atoms with Gasteiger partial charge in [0.15, 0.2) is 0 Å². The number of carbonyl (C=O) groups excluding carboxylic acids is 1. The van der Waals surface area contributed by atoms with E-state index in [9.17, 15) is 4.79 Å². The van der Waals surface area contributed by atoms with Crippen LogP contribution in [0.5, 0.6) is 0 Å². The molecule has 0 aromatic rings. The molecule has 0 aliphatic heterocycles. The van der Waals surface area contributed by atoms with Crippen LogP contribution in [-0.4, -0.2) is 21.4 Å². The first kappa shape index (κ1) is 16.3. The molecular weight excluding hydrogens is 270 g/mol. The van der Waals surface area contributed by atoms with Gasteiger partial charge in [-0.25, -0.2) is 0 Å². The molecule has 96 valence electrons. The molecule has 0 rings (SSSR count). The quantitative estimate of drug-likeness (QED) is 0.617. The lowest BCUT2D eigenvalue weighted by Gasteiger charge is -2.33. The standard InChI is InChI=1S/C10H19Cl3N2O/c1-5-6-7(16)14-8(10(11,12)13)15-9(2,3)4/h8,15H,5-6H2,1-4H3,(H,14,16)/t8-/m1/s1. The minimum Gasteiger partial charge on any atom is -0.337 e. The van der Waals surface area contributed by atoms with Gasteiger partial charge in [-0.3, -0.25) is 10.1 Å². The topological polar surface area (TPSA) is 41.1 Å². The molecule has 0 saturated carbocycles. The lowest BCUT2D eigenvalue weighted by molar-refractivity contribution is -0.122. The summed E-state index contributed by atoms with van der Waals surface area (Å²) in [5, 5.41) is 5.73. The third-order valence-electron chi connectivity index (χ3n) is 1.69. The zero-order chi connectivity index (χ0) is 13.0. The molecule has 0 fully saturated rings. The maximum Gasteiger partial charge on any atom is 0.223 e. The van der Waals surface area contributed by atoms with E-state index < -0.39 is 9.96 Å². The van der Waals surface area contributed by atoms with Crippen molar-refractivity contribution in [3.05, 3.63) is 0 Å². The van der Waals surface area contributed by atoms with Gasteiger partial charge in [-0.15, -0.1) is 0 Å². The number of halogens is 3. The monoisotopic (exact) mass is 288 g/mol. The van der Waals surface area contributed by atoms with Gasteiger partial charge in [-0.05, 0) is 27.2 Å². The fourth-order valence-electron chi connectivity index (χ4n) is 1.09. The highest BCUT2D eigenvalue weighted by molar-refractivity contribution is 6.68. The molecule has 0 radical (unpaired) electrons. The summed E-state index contributed by atoms with van der Waals surface area (Å²) in [6, 6.07) is 0. The van der Waals surface area contributed by atoms with Gasteiger partial charge in [0.1, 0.15) is 6.17 Å². The van der Waals surface area contributed by atoms with E-state index in [0.717, 1.165) is 6.42 Å². The van der Waals surface area contributed by atoms with Crippen LogP contribution in [0.15, 0.2) is 0 Å². The van der Waals surface area contributed by atoms with Crippen LogP contribution >= 0.6 is 34.8 Å². The average molecular weight is 290 g/mol. The predicted octanol–water partition coefficient (Wildman–Crippen LogP) is 2.99. The van der Waals surface area contributed by atoms with E-state index in [2.05, 4.69) is 10.6 Å². The van der Waals surface area contributed by atoms with Gasteiger partial charge in [-0.2, -0.15) is 0 Å². The van der Waals surface area contributed by atoms with Gasteiger partial charge in [0.2, 0.25) is 9.70 Å². The lowest BCUT2D eigenvalue weighted by atomic mass is 10.1. The number of amides is 1. The van der Waals surface area contributed by atoms with Crippen LogP contribution in [0.25, 0.3) is 0 Å². The van der Waals surface area contributed by atoms with E-state index >= 15 is 0 Å². The lowest BCUT2D eigenvalue weighted by Crippen LogP contribution is -2.58. The molecule has 0 bridgehead atoms.